The van der Waals surface area contributed by atoms with Crippen molar-refractivity contribution in [1.29, 1.82) is 0 Å². The molecule has 26 heavy (non-hydrogen) atoms. The lowest BCUT2D eigenvalue weighted by molar-refractivity contribution is -0.0968. The SMILES string of the molecule is CO[C@@H]([C@@H](C)[C@H](C)OCc1ccccc1)[C@@H](CO)O[Si](C)(C)C(C)(C)C. The zero-order valence-electron chi connectivity index (χ0n) is 17.8. The summed E-state index contributed by atoms with van der Waals surface area (Å²) in [7, 11) is -0.317. The number of hydrogen-bond donors (Lipinski definition) is 1. The quantitative estimate of drug-likeness (QED) is 0.600. The van der Waals surface area contributed by atoms with E-state index < -0.39 is 8.32 Å². The maximum absolute atomic E-state index is 9.97. The minimum atomic E-state index is -2.00. The Morgan fingerprint density at radius 3 is 2.12 bits per heavy atom. The average molecular weight is 383 g/mol. The van der Waals surface area contributed by atoms with E-state index >= 15 is 0 Å². The normalized spacial score (nSPS) is 17.6. The third kappa shape index (κ3) is 6.46. The summed E-state index contributed by atoms with van der Waals surface area (Å²) in [6.07, 6.45) is -0.587. The number of aliphatic hydroxyl groups is 1. The van der Waals surface area contributed by atoms with Gasteiger partial charge in [-0.05, 0) is 30.6 Å². The number of aliphatic hydroxyl groups excluding tert-OH is 1. The van der Waals surface area contributed by atoms with E-state index in [0.29, 0.717) is 6.61 Å². The summed E-state index contributed by atoms with van der Waals surface area (Å²) in [6.45, 7) is 15.7. The predicted octanol–water partition coefficient (Wildman–Crippen LogP) is 4.63. The molecule has 0 fully saturated rings. The number of ether oxygens (including phenoxy) is 2. The van der Waals surface area contributed by atoms with Crippen LogP contribution >= 0.6 is 0 Å². The molecule has 0 aliphatic rings. The van der Waals surface area contributed by atoms with Crippen LogP contribution in [0.4, 0.5) is 0 Å². The van der Waals surface area contributed by atoms with Crippen LogP contribution in [0.2, 0.25) is 18.1 Å². The molecule has 0 unspecified atom stereocenters. The first-order chi connectivity index (χ1) is 12.0. The monoisotopic (exact) mass is 382 g/mol. The highest BCUT2D eigenvalue weighted by atomic mass is 28.4. The lowest BCUT2D eigenvalue weighted by Crippen LogP contribution is -2.51. The van der Waals surface area contributed by atoms with Crippen molar-refractivity contribution in [3.63, 3.8) is 0 Å². The summed E-state index contributed by atoms with van der Waals surface area (Å²) < 4.78 is 18.3. The highest BCUT2D eigenvalue weighted by molar-refractivity contribution is 6.74. The first kappa shape index (κ1) is 23.3. The number of benzene rings is 1. The van der Waals surface area contributed by atoms with Gasteiger partial charge in [0, 0.05) is 13.0 Å². The van der Waals surface area contributed by atoms with E-state index in [4.69, 9.17) is 13.9 Å². The molecule has 4 atom stereocenters. The molecular weight excluding hydrogens is 344 g/mol. The van der Waals surface area contributed by atoms with Crippen LogP contribution in [0.1, 0.15) is 40.2 Å². The van der Waals surface area contributed by atoms with Gasteiger partial charge in [-0.25, -0.2) is 0 Å². The number of hydrogen-bond acceptors (Lipinski definition) is 4. The Morgan fingerprint density at radius 2 is 1.65 bits per heavy atom. The highest BCUT2D eigenvalue weighted by Gasteiger charge is 2.42. The summed E-state index contributed by atoms with van der Waals surface area (Å²) in [5.41, 5.74) is 1.15. The summed E-state index contributed by atoms with van der Waals surface area (Å²) >= 11 is 0. The van der Waals surface area contributed by atoms with Crippen LogP contribution in [0.3, 0.4) is 0 Å². The van der Waals surface area contributed by atoms with Gasteiger partial charge >= 0.3 is 0 Å². The molecule has 1 N–H and O–H groups in total. The van der Waals surface area contributed by atoms with Gasteiger partial charge in [0.15, 0.2) is 8.32 Å². The van der Waals surface area contributed by atoms with E-state index in [1.807, 2.05) is 18.2 Å². The third-order valence-corrected chi connectivity index (χ3v) is 10.2. The standard InChI is InChI=1S/C21H38O4Si/c1-16(17(2)24-15-18-12-10-9-11-13-18)20(23-6)19(14-22)25-26(7,8)21(3,4)5/h9-13,16-17,19-20,22H,14-15H2,1-8H3/t16-,17-,19+,20-/m0/s1. The molecule has 4 nitrogen and oxygen atoms in total. The van der Waals surface area contributed by atoms with E-state index in [2.05, 4.69) is 59.8 Å². The van der Waals surface area contributed by atoms with E-state index in [0.717, 1.165) is 5.56 Å². The van der Waals surface area contributed by atoms with Gasteiger partial charge in [0.1, 0.15) is 0 Å². The molecule has 1 aromatic rings. The second-order valence-electron chi connectivity index (χ2n) is 8.66. The summed E-state index contributed by atoms with van der Waals surface area (Å²) in [6, 6.07) is 10.1. The molecule has 0 aliphatic carbocycles. The molecule has 1 rings (SSSR count). The first-order valence-corrected chi connectivity index (χ1v) is 12.4. The summed E-state index contributed by atoms with van der Waals surface area (Å²) in [4.78, 5) is 0. The fourth-order valence-electron chi connectivity index (χ4n) is 2.69. The van der Waals surface area contributed by atoms with Crippen molar-refractivity contribution in [3.05, 3.63) is 35.9 Å². The molecule has 0 heterocycles. The van der Waals surface area contributed by atoms with Crippen LogP contribution in [-0.4, -0.2) is 45.5 Å². The molecule has 0 aliphatic heterocycles. The zero-order valence-corrected chi connectivity index (χ0v) is 18.8. The minimum absolute atomic E-state index is 0.0165. The van der Waals surface area contributed by atoms with Gasteiger partial charge in [0.25, 0.3) is 0 Å². The van der Waals surface area contributed by atoms with Crippen molar-refractivity contribution in [2.24, 2.45) is 5.92 Å². The van der Waals surface area contributed by atoms with Gasteiger partial charge in [-0.3, -0.25) is 0 Å². The Kier molecular flexibility index (Phi) is 8.96. The lowest BCUT2D eigenvalue weighted by Gasteiger charge is -2.42. The molecule has 0 saturated carbocycles. The van der Waals surface area contributed by atoms with Crippen molar-refractivity contribution in [2.45, 2.75) is 77.7 Å². The molecule has 0 radical (unpaired) electrons. The van der Waals surface area contributed by atoms with Crippen LogP contribution in [0.5, 0.6) is 0 Å². The van der Waals surface area contributed by atoms with Gasteiger partial charge in [-0.1, -0.05) is 58.0 Å². The second kappa shape index (κ2) is 9.99. The second-order valence-corrected chi connectivity index (χ2v) is 13.4. The third-order valence-electron chi connectivity index (χ3n) is 5.69. The van der Waals surface area contributed by atoms with Gasteiger partial charge in [-0.15, -0.1) is 0 Å². The van der Waals surface area contributed by atoms with Crippen molar-refractivity contribution in [1.82, 2.24) is 0 Å². The fraction of sp³-hybridized carbons (Fsp3) is 0.714. The Bertz CT molecular complexity index is 512. The number of methoxy groups -OCH3 is 1. The molecule has 0 aromatic heterocycles. The Hall–Kier alpha value is -0.723. The maximum atomic E-state index is 9.97. The maximum Gasteiger partial charge on any atom is 0.192 e. The molecule has 150 valence electrons. The Morgan fingerprint density at radius 1 is 1.08 bits per heavy atom. The smallest absolute Gasteiger partial charge is 0.192 e. The highest BCUT2D eigenvalue weighted by Crippen LogP contribution is 2.38. The van der Waals surface area contributed by atoms with Crippen molar-refractivity contribution < 1.29 is 19.0 Å². The Balaban J connectivity index is 2.76. The predicted molar refractivity (Wildman–Crippen MR) is 110 cm³/mol. The lowest BCUT2D eigenvalue weighted by atomic mass is 9.95. The van der Waals surface area contributed by atoms with E-state index in [1.54, 1.807) is 7.11 Å². The Labute approximate surface area is 161 Å². The van der Waals surface area contributed by atoms with Crippen molar-refractivity contribution in [3.8, 4) is 0 Å². The molecule has 5 heteroatoms. The van der Waals surface area contributed by atoms with Gasteiger partial charge in [-0.2, -0.15) is 0 Å². The van der Waals surface area contributed by atoms with Crippen LogP contribution in [0, 0.1) is 5.92 Å². The van der Waals surface area contributed by atoms with Crippen LogP contribution < -0.4 is 0 Å². The fourth-order valence-corrected chi connectivity index (χ4v) is 4.01. The molecule has 0 bridgehead atoms. The van der Waals surface area contributed by atoms with Crippen LogP contribution in [-0.2, 0) is 20.5 Å². The van der Waals surface area contributed by atoms with Gasteiger partial charge < -0.3 is 19.0 Å². The summed E-state index contributed by atoms with van der Waals surface area (Å²) in [5, 5.41) is 10.1. The van der Waals surface area contributed by atoms with E-state index in [1.165, 1.54) is 0 Å². The molecule has 1 aromatic carbocycles. The first-order valence-electron chi connectivity index (χ1n) is 9.50. The van der Waals surface area contributed by atoms with E-state index in [-0.39, 0.29) is 35.9 Å². The molecule has 0 amide bonds. The summed E-state index contributed by atoms with van der Waals surface area (Å²) in [5.74, 6) is 0.0885. The molecule has 0 spiro atoms. The number of rotatable bonds is 10. The van der Waals surface area contributed by atoms with Crippen molar-refractivity contribution >= 4 is 8.32 Å². The minimum Gasteiger partial charge on any atom is -0.409 e. The van der Waals surface area contributed by atoms with Crippen molar-refractivity contribution in [2.75, 3.05) is 13.7 Å². The average Bonchev–Trinajstić information content (AvgIpc) is 2.58. The van der Waals surface area contributed by atoms with Crippen LogP contribution in [0.15, 0.2) is 30.3 Å². The topological polar surface area (TPSA) is 47.9 Å². The largest absolute Gasteiger partial charge is 0.409 e. The van der Waals surface area contributed by atoms with Crippen LogP contribution in [0.25, 0.3) is 0 Å². The van der Waals surface area contributed by atoms with E-state index in [9.17, 15) is 5.11 Å². The van der Waals surface area contributed by atoms with Gasteiger partial charge in [0.05, 0.1) is 31.5 Å². The molecule has 0 saturated heterocycles. The zero-order chi connectivity index (χ0) is 20.0. The van der Waals surface area contributed by atoms with Gasteiger partial charge in [0.2, 0.25) is 0 Å². The molecular formula is C21H38O4Si.